The third-order valence-electron chi connectivity index (χ3n) is 9.09. The summed E-state index contributed by atoms with van der Waals surface area (Å²) in [5.41, 5.74) is 18.8. The molecular formula is C41H41FN2. The van der Waals surface area contributed by atoms with Crippen LogP contribution in [0, 0.1) is 5.82 Å². The smallest absolute Gasteiger partial charge is 0.129 e. The van der Waals surface area contributed by atoms with Gasteiger partial charge in [0.05, 0.1) is 6.04 Å². The number of rotatable bonds is 9. The van der Waals surface area contributed by atoms with Gasteiger partial charge in [0.2, 0.25) is 0 Å². The number of fused-ring (bicyclic) bond motifs is 3. The zero-order valence-electron chi connectivity index (χ0n) is 25.9. The van der Waals surface area contributed by atoms with E-state index in [0.29, 0.717) is 0 Å². The second-order valence-corrected chi connectivity index (χ2v) is 12.1. The Bertz CT molecular complexity index is 1760. The standard InChI is InChI=1S/C41H41FN2/c1-4-30(25-40(43)32-15-9-6-10-16-32)35(31-13-7-5-8-14-31)21-20-29(3)44-27-28(2)19-22-41(44)38-26-37-34(24-39(38)42)23-33-17-11-12-18-36(33)37/h5-19,22,24-27,29,41H,4,20-21,23,43H2,1-3H3/b35-30+,40-25-/t29-,41?/m0/s1. The lowest BCUT2D eigenvalue weighted by Gasteiger charge is -2.37. The number of nitrogens with zero attached hydrogens (tertiary/aromatic N) is 1. The Labute approximate surface area is 261 Å². The van der Waals surface area contributed by atoms with Crippen LogP contribution in [0.15, 0.2) is 133 Å². The van der Waals surface area contributed by atoms with E-state index in [0.717, 1.165) is 53.6 Å². The first-order chi connectivity index (χ1) is 21.4. The molecule has 4 aromatic rings. The molecule has 0 spiro atoms. The largest absolute Gasteiger partial charge is 0.398 e. The summed E-state index contributed by atoms with van der Waals surface area (Å²) in [5.74, 6) is -0.129. The Balaban J connectivity index is 1.31. The zero-order valence-corrected chi connectivity index (χ0v) is 25.9. The molecule has 1 heterocycles. The highest BCUT2D eigenvalue weighted by Crippen LogP contribution is 2.41. The van der Waals surface area contributed by atoms with Gasteiger partial charge in [-0.3, -0.25) is 0 Å². The molecule has 0 saturated carbocycles. The van der Waals surface area contributed by atoms with E-state index >= 15 is 4.39 Å². The minimum Gasteiger partial charge on any atom is -0.398 e. The lowest BCUT2D eigenvalue weighted by molar-refractivity contribution is 0.233. The van der Waals surface area contributed by atoms with Gasteiger partial charge >= 0.3 is 0 Å². The molecule has 0 saturated heterocycles. The fourth-order valence-electron chi connectivity index (χ4n) is 6.70. The normalized spacial score (nSPS) is 17.1. The van der Waals surface area contributed by atoms with Crippen molar-refractivity contribution in [3.63, 3.8) is 0 Å². The summed E-state index contributed by atoms with van der Waals surface area (Å²) in [4.78, 5) is 2.35. The van der Waals surface area contributed by atoms with Crippen LogP contribution in [0.25, 0.3) is 22.4 Å². The molecule has 2 nitrogen and oxygen atoms in total. The van der Waals surface area contributed by atoms with Crippen LogP contribution in [-0.4, -0.2) is 10.9 Å². The van der Waals surface area contributed by atoms with Gasteiger partial charge in [-0.15, -0.1) is 0 Å². The maximum absolute atomic E-state index is 15.8. The van der Waals surface area contributed by atoms with Gasteiger partial charge in [0.25, 0.3) is 0 Å². The fourth-order valence-corrected chi connectivity index (χ4v) is 6.70. The van der Waals surface area contributed by atoms with E-state index in [2.05, 4.69) is 123 Å². The van der Waals surface area contributed by atoms with E-state index in [1.165, 1.54) is 33.4 Å². The second-order valence-electron chi connectivity index (χ2n) is 12.1. The van der Waals surface area contributed by atoms with Crippen LogP contribution >= 0.6 is 0 Å². The summed E-state index contributed by atoms with van der Waals surface area (Å²) in [7, 11) is 0. The highest BCUT2D eigenvalue weighted by Gasteiger charge is 2.28. The summed E-state index contributed by atoms with van der Waals surface area (Å²) in [5, 5.41) is 0. The molecule has 0 aromatic heterocycles. The van der Waals surface area contributed by atoms with Crippen molar-refractivity contribution in [3.8, 4) is 11.1 Å². The van der Waals surface area contributed by atoms with Crippen molar-refractivity contribution < 1.29 is 4.39 Å². The van der Waals surface area contributed by atoms with E-state index in [1.807, 2.05) is 18.2 Å². The molecule has 2 aliphatic rings. The summed E-state index contributed by atoms with van der Waals surface area (Å²) in [6.07, 6.45) is 12.1. The van der Waals surface area contributed by atoms with Gasteiger partial charge in [-0.25, -0.2) is 4.39 Å². The fraction of sp³-hybridized carbons (Fsp3) is 0.220. The molecule has 0 radical (unpaired) electrons. The first kappa shape index (κ1) is 29.4. The predicted molar refractivity (Wildman–Crippen MR) is 183 cm³/mol. The molecule has 44 heavy (non-hydrogen) atoms. The SMILES string of the molecule is CCC(/C=C(\N)c1ccccc1)=C(/CC[C@H](C)N1C=C(C)C=CC1c1cc2c(cc1F)Cc1ccccc1-2)c1ccccc1. The third-order valence-corrected chi connectivity index (χ3v) is 9.09. The van der Waals surface area contributed by atoms with Crippen LogP contribution < -0.4 is 5.73 Å². The van der Waals surface area contributed by atoms with E-state index in [4.69, 9.17) is 5.73 Å². The van der Waals surface area contributed by atoms with Gasteiger partial charge < -0.3 is 10.6 Å². The van der Waals surface area contributed by atoms with Crippen LogP contribution in [0.4, 0.5) is 4.39 Å². The molecular weight excluding hydrogens is 539 g/mol. The molecule has 0 bridgehead atoms. The van der Waals surface area contributed by atoms with Gasteiger partial charge in [0.1, 0.15) is 5.82 Å². The van der Waals surface area contributed by atoms with Crippen molar-refractivity contribution in [2.45, 2.75) is 58.5 Å². The first-order valence-corrected chi connectivity index (χ1v) is 15.8. The number of allylic oxidation sites excluding steroid dienone is 5. The van der Waals surface area contributed by atoms with Crippen LogP contribution in [0.5, 0.6) is 0 Å². The number of nitrogens with two attached hydrogens (primary N) is 1. The third kappa shape index (κ3) is 6.05. The zero-order chi connectivity index (χ0) is 30.6. The van der Waals surface area contributed by atoms with E-state index in [-0.39, 0.29) is 17.9 Å². The van der Waals surface area contributed by atoms with Crippen LogP contribution in [0.3, 0.4) is 0 Å². The Morgan fingerprint density at radius 3 is 2.32 bits per heavy atom. The van der Waals surface area contributed by atoms with Crippen LogP contribution in [0.2, 0.25) is 0 Å². The predicted octanol–water partition coefficient (Wildman–Crippen LogP) is 10.2. The molecule has 0 fully saturated rings. The second kappa shape index (κ2) is 12.9. The average molecular weight is 581 g/mol. The molecule has 0 amide bonds. The van der Waals surface area contributed by atoms with Gasteiger partial charge in [-0.05, 0) is 108 Å². The minimum atomic E-state index is -0.171. The van der Waals surface area contributed by atoms with Gasteiger partial charge in [-0.2, -0.15) is 0 Å². The van der Waals surface area contributed by atoms with E-state index in [1.54, 1.807) is 6.07 Å². The molecule has 6 rings (SSSR count). The van der Waals surface area contributed by atoms with E-state index in [9.17, 15) is 0 Å². The lowest BCUT2D eigenvalue weighted by Crippen LogP contribution is -2.33. The number of halogens is 1. The summed E-state index contributed by atoms with van der Waals surface area (Å²) in [6, 6.07) is 33.1. The minimum absolute atomic E-state index is 0.129. The first-order valence-electron chi connectivity index (χ1n) is 15.8. The molecule has 222 valence electrons. The molecule has 4 aromatic carbocycles. The summed E-state index contributed by atoms with van der Waals surface area (Å²) >= 11 is 0. The average Bonchev–Trinajstić information content (AvgIpc) is 3.41. The Hall–Kier alpha value is -4.63. The number of hydrogen-bond donors (Lipinski definition) is 1. The van der Waals surface area contributed by atoms with Crippen LogP contribution in [0.1, 0.15) is 73.9 Å². The maximum atomic E-state index is 15.8. The topological polar surface area (TPSA) is 29.3 Å². The number of benzene rings is 4. The monoisotopic (exact) mass is 580 g/mol. The van der Waals surface area contributed by atoms with E-state index < -0.39 is 0 Å². The highest BCUT2D eigenvalue weighted by atomic mass is 19.1. The Morgan fingerprint density at radius 1 is 0.909 bits per heavy atom. The number of hydrogen-bond acceptors (Lipinski definition) is 2. The molecule has 3 heteroatoms. The molecule has 2 N–H and O–H groups in total. The molecule has 1 unspecified atom stereocenters. The quantitative estimate of drug-likeness (QED) is 0.176. The highest BCUT2D eigenvalue weighted by molar-refractivity contribution is 5.78. The van der Waals surface area contributed by atoms with Gasteiger partial charge in [-0.1, -0.05) is 104 Å². The summed E-state index contributed by atoms with van der Waals surface area (Å²) < 4.78 is 15.8. The Kier molecular flexibility index (Phi) is 8.65. The van der Waals surface area contributed by atoms with Crippen molar-refractivity contribution in [1.82, 2.24) is 4.90 Å². The van der Waals surface area contributed by atoms with Crippen molar-refractivity contribution in [2.75, 3.05) is 0 Å². The van der Waals surface area contributed by atoms with Crippen molar-refractivity contribution >= 4 is 11.3 Å². The molecule has 1 aliphatic carbocycles. The molecule has 2 atom stereocenters. The van der Waals surface area contributed by atoms with Crippen molar-refractivity contribution in [2.24, 2.45) is 5.73 Å². The van der Waals surface area contributed by atoms with Gasteiger partial charge in [0, 0.05) is 23.5 Å². The van der Waals surface area contributed by atoms with Gasteiger partial charge in [0.15, 0.2) is 0 Å². The lowest BCUT2D eigenvalue weighted by atomic mass is 9.90. The summed E-state index contributed by atoms with van der Waals surface area (Å²) in [6.45, 7) is 6.57. The Morgan fingerprint density at radius 2 is 1.59 bits per heavy atom. The van der Waals surface area contributed by atoms with Crippen molar-refractivity contribution in [3.05, 3.63) is 166 Å². The molecule has 1 aliphatic heterocycles. The maximum Gasteiger partial charge on any atom is 0.129 e. The van der Waals surface area contributed by atoms with Crippen LogP contribution in [-0.2, 0) is 6.42 Å². The van der Waals surface area contributed by atoms with Crippen molar-refractivity contribution in [1.29, 1.82) is 0 Å².